The first-order valence-corrected chi connectivity index (χ1v) is 9.86. The number of aliphatic imine (C=N–C) groups is 1. The van der Waals surface area contributed by atoms with Gasteiger partial charge in [0.1, 0.15) is 10.9 Å². The van der Waals surface area contributed by atoms with Crippen molar-refractivity contribution < 1.29 is 4.39 Å². The number of hydrogen-bond acceptors (Lipinski definition) is 3. The van der Waals surface area contributed by atoms with Crippen LogP contribution in [0.25, 0.3) is 0 Å². The molecule has 0 bridgehead atoms. The van der Waals surface area contributed by atoms with Crippen LogP contribution < -0.4 is 0 Å². The lowest BCUT2D eigenvalue weighted by Gasteiger charge is -2.08. The SMILES string of the molecule is CC(=CSc1ccccc1)C(=Nc1ccccc1)Sc1ccc(F)cc1. The zero-order chi connectivity index (χ0) is 18.2. The Balaban J connectivity index is 1.86. The van der Waals surface area contributed by atoms with E-state index in [4.69, 9.17) is 4.99 Å². The van der Waals surface area contributed by atoms with Gasteiger partial charge in [-0.15, -0.1) is 0 Å². The third kappa shape index (κ3) is 5.61. The molecule has 0 radical (unpaired) electrons. The van der Waals surface area contributed by atoms with Crippen molar-refractivity contribution in [1.82, 2.24) is 0 Å². The fourth-order valence-electron chi connectivity index (χ4n) is 2.13. The molecular weight excluding hydrogens is 361 g/mol. The second-order valence-electron chi connectivity index (χ2n) is 5.54. The molecule has 0 amide bonds. The number of benzene rings is 3. The molecule has 26 heavy (non-hydrogen) atoms. The number of thioether (sulfide) groups is 2. The van der Waals surface area contributed by atoms with Gasteiger partial charge in [0.15, 0.2) is 0 Å². The minimum absolute atomic E-state index is 0.234. The van der Waals surface area contributed by atoms with Gasteiger partial charge in [0.25, 0.3) is 0 Å². The lowest BCUT2D eigenvalue weighted by molar-refractivity contribution is 0.626. The van der Waals surface area contributed by atoms with E-state index in [2.05, 4.69) is 17.5 Å². The number of para-hydroxylation sites is 1. The molecule has 0 aliphatic heterocycles. The molecule has 0 aromatic heterocycles. The monoisotopic (exact) mass is 379 g/mol. The zero-order valence-corrected chi connectivity index (χ0v) is 15.9. The molecule has 0 saturated carbocycles. The van der Waals surface area contributed by atoms with Gasteiger partial charge in [0.2, 0.25) is 0 Å². The van der Waals surface area contributed by atoms with Crippen LogP contribution in [-0.4, -0.2) is 5.04 Å². The number of nitrogens with zero attached hydrogens (tertiary/aromatic N) is 1. The van der Waals surface area contributed by atoms with Crippen molar-refractivity contribution in [1.29, 1.82) is 0 Å². The van der Waals surface area contributed by atoms with E-state index >= 15 is 0 Å². The van der Waals surface area contributed by atoms with Gasteiger partial charge in [-0.3, -0.25) is 0 Å². The molecule has 0 aliphatic carbocycles. The van der Waals surface area contributed by atoms with Gasteiger partial charge >= 0.3 is 0 Å². The first-order chi connectivity index (χ1) is 12.7. The van der Waals surface area contributed by atoms with Crippen molar-refractivity contribution in [3.63, 3.8) is 0 Å². The van der Waals surface area contributed by atoms with Crippen LogP contribution in [0.15, 0.2) is 111 Å². The fourth-order valence-corrected chi connectivity index (χ4v) is 3.81. The highest BCUT2D eigenvalue weighted by Gasteiger charge is 2.07. The summed E-state index contributed by atoms with van der Waals surface area (Å²) in [5.41, 5.74) is 1.96. The summed E-state index contributed by atoms with van der Waals surface area (Å²) in [5, 5.41) is 3.00. The maximum atomic E-state index is 13.2. The van der Waals surface area contributed by atoms with E-state index < -0.39 is 0 Å². The van der Waals surface area contributed by atoms with E-state index in [0.717, 1.165) is 21.2 Å². The van der Waals surface area contributed by atoms with E-state index in [1.54, 1.807) is 23.9 Å². The molecular formula is C22H18FNS2. The molecule has 0 spiro atoms. The molecule has 1 nitrogen and oxygen atoms in total. The molecule has 0 fully saturated rings. The molecule has 0 atom stereocenters. The normalized spacial score (nSPS) is 12.2. The Labute approximate surface area is 162 Å². The van der Waals surface area contributed by atoms with E-state index in [1.165, 1.54) is 28.8 Å². The first-order valence-electron chi connectivity index (χ1n) is 8.17. The predicted octanol–water partition coefficient (Wildman–Crippen LogP) is 7.34. The molecule has 0 N–H and O–H groups in total. The Bertz CT molecular complexity index is 888. The Morgan fingerprint density at radius 1 is 0.808 bits per heavy atom. The maximum Gasteiger partial charge on any atom is 0.123 e. The van der Waals surface area contributed by atoms with E-state index in [9.17, 15) is 4.39 Å². The van der Waals surface area contributed by atoms with E-state index in [-0.39, 0.29) is 5.82 Å². The Morgan fingerprint density at radius 2 is 1.42 bits per heavy atom. The highest BCUT2D eigenvalue weighted by molar-refractivity contribution is 8.14. The van der Waals surface area contributed by atoms with Crippen molar-refractivity contribution in [2.75, 3.05) is 0 Å². The Kier molecular flexibility index (Phi) is 6.69. The molecule has 3 aromatic carbocycles. The second-order valence-corrected chi connectivity index (χ2v) is 7.55. The third-order valence-corrected chi connectivity index (χ3v) is 5.60. The summed E-state index contributed by atoms with van der Waals surface area (Å²) in [7, 11) is 0. The van der Waals surface area contributed by atoms with Crippen LogP contribution >= 0.6 is 23.5 Å². The maximum absolute atomic E-state index is 13.2. The standard InChI is InChI=1S/C22H18FNS2/c1-17(16-25-20-10-6-3-7-11-20)22(24-19-8-4-2-5-9-19)26-21-14-12-18(23)13-15-21/h2-16H,1H3. The van der Waals surface area contributed by atoms with Gasteiger partial charge in [-0.25, -0.2) is 9.38 Å². The number of hydrogen-bond donors (Lipinski definition) is 0. The van der Waals surface area contributed by atoms with Crippen LogP contribution in [0.1, 0.15) is 6.92 Å². The van der Waals surface area contributed by atoms with Crippen molar-refractivity contribution in [2.45, 2.75) is 16.7 Å². The van der Waals surface area contributed by atoms with Gasteiger partial charge in [-0.1, -0.05) is 59.9 Å². The topological polar surface area (TPSA) is 12.4 Å². The number of rotatable bonds is 5. The zero-order valence-electron chi connectivity index (χ0n) is 14.3. The molecule has 0 saturated heterocycles. The van der Waals surface area contributed by atoms with Crippen molar-refractivity contribution in [3.8, 4) is 0 Å². The molecule has 4 heteroatoms. The molecule has 3 rings (SSSR count). The summed E-state index contributed by atoms with van der Waals surface area (Å²) in [6.07, 6.45) is 0. The lowest BCUT2D eigenvalue weighted by Crippen LogP contribution is -1.94. The van der Waals surface area contributed by atoms with Crippen LogP contribution in [0.2, 0.25) is 0 Å². The van der Waals surface area contributed by atoms with Crippen LogP contribution in [0.4, 0.5) is 10.1 Å². The van der Waals surface area contributed by atoms with Crippen molar-refractivity contribution in [3.05, 3.63) is 102 Å². The molecule has 130 valence electrons. The Hall–Kier alpha value is -2.30. The highest BCUT2D eigenvalue weighted by atomic mass is 32.2. The minimum Gasteiger partial charge on any atom is -0.241 e. The third-order valence-electron chi connectivity index (χ3n) is 3.47. The van der Waals surface area contributed by atoms with Gasteiger partial charge in [0, 0.05) is 9.79 Å². The van der Waals surface area contributed by atoms with Crippen molar-refractivity contribution >= 4 is 34.3 Å². The fraction of sp³-hybridized carbons (Fsp3) is 0.0455. The van der Waals surface area contributed by atoms with Crippen LogP contribution in [0.3, 0.4) is 0 Å². The molecule has 0 unspecified atom stereocenters. The number of halogens is 1. The predicted molar refractivity (Wildman–Crippen MR) is 112 cm³/mol. The minimum atomic E-state index is -0.234. The van der Waals surface area contributed by atoms with E-state index in [1.807, 2.05) is 55.5 Å². The first kappa shape index (κ1) is 18.5. The summed E-state index contributed by atoms with van der Waals surface area (Å²) >= 11 is 3.20. The molecule has 3 aromatic rings. The van der Waals surface area contributed by atoms with Gasteiger partial charge < -0.3 is 0 Å². The quantitative estimate of drug-likeness (QED) is 0.261. The lowest BCUT2D eigenvalue weighted by atomic mass is 10.3. The van der Waals surface area contributed by atoms with E-state index in [0.29, 0.717) is 0 Å². The highest BCUT2D eigenvalue weighted by Crippen LogP contribution is 2.29. The summed E-state index contributed by atoms with van der Waals surface area (Å²) in [6.45, 7) is 2.05. The summed E-state index contributed by atoms with van der Waals surface area (Å²) in [6, 6.07) is 26.6. The van der Waals surface area contributed by atoms with Gasteiger partial charge in [-0.2, -0.15) is 0 Å². The van der Waals surface area contributed by atoms with Crippen LogP contribution in [0.5, 0.6) is 0 Å². The summed E-state index contributed by atoms with van der Waals surface area (Å²) < 4.78 is 13.2. The van der Waals surface area contributed by atoms with Gasteiger partial charge in [0.05, 0.1) is 5.69 Å². The van der Waals surface area contributed by atoms with Gasteiger partial charge in [-0.05, 0) is 66.4 Å². The summed E-state index contributed by atoms with van der Waals surface area (Å²) in [4.78, 5) is 6.93. The van der Waals surface area contributed by atoms with Crippen molar-refractivity contribution in [2.24, 2.45) is 4.99 Å². The molecule has 0 heterocycles. The average molecular weight is 380 g/mol. The summed E-state index contributed by atoms with van der Waals surface area (Å²) in [5.74, 6) is -0.234. The Morgan fingerprint density at radius 3 is 2.08 bits per heavy atom. The second kappa shape index (κ2) is 9.41. The van der Waals surface area contributed by atoms with Crippen LogP contribution in [0, 0.1) is 5.82 Å². The largest absolute Gasteiger partial charge is 0.241 e. The average Bonchev–Trinajstić information content (AvgIpc) is 2.69. The smallest absolute Gasteiger partial charge is 0.123 e. The van der Waals surface area contributed by atoms with Crippen LogP contribution in [-0.2, 0) is 0 Å². The molecule has 0 aliphatic rings.